The SMILES string of the molecule is CNC(Cc1ccncc1Cl)c1ccc(Br)s1. The lowest BCUT2D eigenvalue weighted by molar-refractivity contribution is 0.602. The average molecular weight is 332 g/mol. The van der Waals surface area contributed by atoms with Crippen molar-refractivity contribution in [2.75, 3.05) is 7.05 Å². The number of aromatic nitrogens is 1. The predicted octanol–water partition coefficient (Wildman–Crippen LogP) is 4.06. The molecule has 0 saturated heterocycles. The lowest BCUT2D eigenvalue weighted by Gasteiger charge is -2.15. The molecular formula is C12H12BrClN2S. The topological polar surface area (TPSA) is 24.9 Å². The van der Waals surface area contributed by atoms with Crippen molar-refractivity contribution in [3.63, 3.8) is 0 Å². The highest BCUT2D eigenvalue weighted by Gasteiger charge is 2.13. The van der Waals surface area contributed by atoms with E-state index in [1.54, 1.807) is 23.7 Å². The fraction of sp³-hybridized carbons (Fsp3) is 0.250. The Balaban J connectivity index is 2.18. The standard InChI is InChI=1S/C12H12BrClN2S/c1-15-10(11-2-3-12(13)17-11)6-8-4-5-16-7-9(8)14/h2-5,7,10,15H,6H2,1H3. The van der Waals surface area contributed by atoms with Gasteiger partial charge in [0.15, 0.2) is 0 Å². The number of thiophene rings is 1. The van der Waals surface area contributed by atoms with Crippen LogP contribution in [0.4, 0.5) is 0 Å². The number of pyridine rings is 1. The molecular weight excluding hydrogens is 320 g/mol. The third-order valence-corrected chi connectivity index (χ3v) is 4.64. The Morgan fingerprint density at radius 1 is 1.47 bits per heavy atom. The molecule has 0 amide bonds. The Morgan fingerprint density at radius 3 is 2.88 bits per heavy atom. The van der Waals surface area contributed by atoms with Crippen LogP contribution < -0.4 is 5.32 Å². The first-order chi connectivity index (χ1) is 8.20. The molecule has 1 atom stereocenters. The highest BCUT2D eigenvalue weighted by Crippen LogP contribution is 2.30. The molecule has 5 heteroatoms. The molecule has 2 nitrogen and oxygen atoms in total. The molecule has 0 aromatic carbocycles. The van der Waals surface area contributed by atoms with Crippen LogP contribution >= 0.6 is 38.9 Å². The third-order valence-electron chi connectivity index (χ3n) is 2.57. The maximum absolute atomic E-state index is 6.12. The van der Waals surface area contributed by atoms with Crippen molar-refractivity contribution in [3.8, 4) is 0 Å². The first kappa shape index (κ1) is 13.0. The average Bonchev–Trinajstić information content (AvgIpc) is 2.75. The van der Waals surface area contributed by atoms with E-state index in [9.17, 15) is 0 Å². The van der Waals surface area contributed by atoms with Crippen molar-refractivity contribution in [2.45, 2.75) is 12.5 Å². The second-order valence-electron chi connectivity index (χ2n) is 3.65. The summed E-state index contributed by atoms with van der Waals surface area (Å²) >= 11 is 11.3. The smallest absolute Gasteiger partial charge is 0.0701 e. The van der Waals surface area contributed by atoms with Crippen LogP contribution in [-0.2, 0) is 6.42 Å². The van der Waals surface area contributed by atoms with Gasteiger partial charge in [-0.05, 0) is 53.2 Å². The van der Waals surface area contributed by atoms with Gasteiger partial charge in [-0.3, -0.25) is 4.98 Å². The molecule has 0 aliphatic heterocycles. The Bertz CT molecular complexity index is 501. The van der Waals surface area contributed by atoms with Gasteiger partial charge >= 0.3 is 0 Å². The predicted molar refractivity (Wildman–Crippen MR) is 76.8 cm³/mol. The number of hydrogen-bond donors (Lipinski definition) is 1. The summed E-state index contributed by atoms with van der Waals surface area (Å²) in [5.74, 6) is 0. The zero-order chi connectivity index (χ0) is 12.3. The van der Waals surface area contributed by atoms with Crippen molar-refractivity contribution in [2.24, 2.45) is 0 Å². The fourth-order valence-electron chi connectivity index (χ4n) is 1.65. The molecule has 0 saturated carbocycles. The monoisotopic (exact) mass is 330 g/mol. The van der Waals surface area contributed by atoms with Crippen LogP contribution in [0.2, 0.25) is 5.02 Å². The van der Waals surface area contributed by atoms with E-state index in [-0.39, 0.29) is 6.04 Å². The molecule has 90 valence electrons. The van der Waals surface area contributed by atoms with Crippen molar-refractivity contribution in [1.29, 1.82) is 0 Å². The Hall–Kier alpha value is -0.420. The summed E-state index contributed by atoms with van der Waals surface area (Å²) in [6, 6.07) is 6.45. The maximum atomic E-state index is 6.12. The van der Waals surface area contributed by atoms with E-state index in [4.69, 9.17) is 11.6 Å². The summed E-state index contributed by atoms with van der Waals surface area (Å²) in [5.41, 5.74) is 1.12. The second kappa shape index (κ2) is 5.96. The van der Waals surface area contributed by atoms with E-state index in [1.807, 2.05) is 13.1 Å². The minimum Gasteiger partial charge on any atom is -0.312 e. The summed E-state index contributed by atoms with van der Waals surface area (Å²) < 4.78 is 1.15. The minimum atomic E-state index is 0.284. The highest BCUT2D eigenvalue weighted by atomic mass is 79.9. The summed E-state index contributed by atoms with van der Waals surface area (Å²) in [4.78, 5) is 5.30. The maximum Gasteiger partial charge on any atom is 0.0701 e. The molecule has 2 heterocycles. The normalized spacial score (nSPS) is 12.6. The van der Waals surface area contributed by atoms with Gasteiger partial charge in [0.2, 0.25) is 0 Å². The van der Waals surface area contributed by atoms with Crippen LogP contribution in [0.25, 0.3) is 0 Å². The van der Waals surface area contributed by atoms with Crippen molar-refractivity contribution >= 4 is 38.9 Å². The second-order valence-corrected chi connectivity index (χ2v) is 6.56. The van der Waals surface area contributed by atoms with Crippen molar-refractivity contribution in [3.05, 3.63) is 49.8 Å². The van der Waals surface area contributed by atoms with Crippen LogP contribution in [-0.4, -0.2) is 12.0 Å². The van der Waals surface area contributed by atoms with Gasteiger partial charge in [-0.2, -0.15) is 0 Å². The molecule has 17 heavy (non-hydrogen) atoms. The Kier molecular flexibility index (Phi) is 4.56. The number of hydrogen-bond acceptors (Lipinski definition) is 3. The van der Waals surface area contributed by atoms with Gasteiger partial charge in [0.1, 0.15) is 0 Å². The van der Waals surface area contributed by atoms with Crippen molar-refractivity contribution < 1.29 is 0 Å². The molecule has 1 unspecified atom stereocenters. The lowest BCUT2D eigenvalue weighted by Crippen LogP contribution is -2.17. The number of nitrogens with zero attached hydrogens (tertiary/aromatic N) is 1. The number of rotatable bonds is 4. The molecule has 0 aliphatic rings. The van der Waals surface area contributed by atoms with Gasteiger partial charge in [0, 0.05) is 23.3 Å². The molecule has 0 radical (unpaired) electrons. The van der Waals surface area contributed by atoms with Crippen molar-refractivity contribution in [1.82, 2.24) is 10.3 Å². The van der Waals surface area contributed by atoms with E-state index < -0.39 is 0 Å². The van der Waals surface area contributed by atoms with Gasteiger partial charge in [-0.1, -0.05) is 11.6 Å². The molecule has 2 aromatic heterocycles. The molecule has 2 aromatic rings. The molecule has 2 rings (SSSR count). The van der Waals surface area contributed by atoms with Crippen LogP contribution in [0.1, 0.15) is 16.5 Å². The molecule has 0 aliphatic carbocycles. The lowest BCUT2D eigenvalue weighted by atomic mass is 10.1. The molecule has 1 N–H and O–H groups in total. The summed E-state index contributed by atoms with van der Waals surface area (Å²) in [6.45, 7) is 0. The van der Waals surface area contributed by atoms with E-state index >= 15 is 0 Å². The first-order valence-electron chi connectivity index (χ1n) is 5.21. The summed E-state index contributed by atoms with van der Waals surface area (Å²) in [7, 11) is 1.97. The molecule has 0 spiro atoms. The quantitative estimate of drug-likeness (QED) is 0.914. The van der Waals surface area contributed by atoms with Gasteiger partial charge in [0.05, 0.1) is 8.81 Å². The van der Waals surface area contributed by atoms with E-state index in [2.05, 4.69) is 38.4 Å². The minimum absolute atomic E-state index is 0.284. The summed E-state index contributed by atoms with van der Waals surface area (Å²) in [6.07, 6.45) is 4.33. The van der Waals surface area contributed by atoms with Crippen LogP contribution in [0, 0.1) is 0 Å². The van der Waals surface area contributed by atoms with Crippen LogP contribution in [0.5, 0.6) is 0 Å². The van der Waals surface area contributed by atoms with Gasteiger partial charge < -0.3 is 5.32 Å². The van der Waals surface area contributed by atoms with Gasteiger partial charge in [-0.25, -0.2) is 0 Å². The Morgan fingerprint density at radius 2 is 2.29 bits per heavy atom. The third kappa shape index (κ3) is 3.28. The number of nitrogens with one attached hydrogen (secondary N) is 1. The largest absolute Gasteiger partial charge is 0.312 e. The molecule has 0 fully saturated rings. The van der Waals surface area contributed by atoms with Crippen LogP contribution in [0.15, 0.2) is 34.4 Å². The Labute approximate surface area is 118 Å². The zero-order valence-corrected chi connectivity index (χ0v) is 12.4. The van der Waals surface area contributed by atoms with E-state index in [0.717, 1.165) is 20.8 Å². The number of halogens is 2. The molecule has 0 bridgehead atoms. The first-order valence-corrected chi connectivity index (χ1v) is 7.20. The fourth-order valence-corrected chi connectivity index (χ4v) is 3.38. The van der Waals surface area contributed by atoms with Crippen LogP contribution in [0.3, 0.4) is 0 Å². The van der Waals surface area contributed by atoms with Gasteiger partial charge in [-0.15, -0.1) is 11.3 Å². The number of likely N-dealkylation sites (N-methyl/N-ethyl adjacent to an activating group) is 1. The van der Waals surface area contributed by atoms with E-state index in [1.165, 1.54) is 4.88 Å². The highest BCUT2D eigenvalue weighted by molar-refractivity contribution is 9.11. The zero-order valence-electron chi connectivity index (χ0n) is 9.28. The van der Waals surface area contributed by atoms with E-state index in [0.29, 0.717) is 0 Å². The van der Waals surface area contributed by atoms with Gasteiger partial charge in [0.25, 0.3) is 0 Å². The summed E-state index contributed by atoms with van der Waals surface area (Å²) in [5, 5.41) is 4.04.